The summed E-state index contributed by atoms with van der Waals surface area (Å²) < 4.78 is 5.58. The van der Waals surface area contributed by atoms with Crippen molar-refractivity contribution in [1.29, 1.82) is 0 Å². The van der Waals surface area contributed by atoms with Crippen LogP contribution in [0.2, 0.25) is 10.0 Å². The van der Waals surface area contributed by atoms with Crippen LogP contribution in [-0.4, -0.2) is 31.1 Å². The zero-order chi connectivity index (χ0) is 14.5. The normalized spacial score (nSPS) is 19.3. The molecule has 118 valence electrons. The molecule has 0 spiro atoms. The van der Waals surface area contributed by atoms with Gasteiger partial charge < -0.3 is 15.4 Å². The maximum absolute atomic E-state index is 12.1. The number of hydrogen-bond donors (Lipinski definition) is 2. The minimum absolute atomic E-state index is 0. The number of amides is 1. The van der Waals surface area contributed by atoms with Crippen LogP contribution in [0.1, 0.15) is 19.8 Å². The van der Waals surface area contributed by atoms with Crippen molar-refractivity contribution >= 4 is 41.5 Å². The van der Waals surface area contributed by atoms with Crippen LogP contribution in [0.15, 0.2) is 18.2 Å². The van der Waals surface area contributed by atoms with Gasteiger partial charge in [0.2, 0.25) is 0 Å². The van der Waals surface area contributed by atoms with Crippen molar-refractivity contribution < 1.29 is 9.53 Å². The van der Waals surface area contributed by atoms with E-state index in [4.69, 9.17) is 27.9 Å². The van der Waals surface area contributed by atoms with E-state index in [2.05, 4.69) is 10.6 Å². The first-order valence-electron chi connectivity index (χ1n) is 6.69. The van der Waals surface area contributed by atoms with Gasteiger partial charge in [-0.3, -0.25) is 4.79 Å². The van der Waals surface area contributed by atoms with E-state index in [1.807, 2.05) is 0 Å². The fraction of sp³-hybridized carbons (Fsp3) is 0.500. The fourth-order valence-electron chi connectivity index (χ4n) is 2.11. The number of benzene rings is 1. The van der Waals surface area contributed by atoms with E-state index in [1.54, 1.807) is 25.1 Å². The topological polar surface area (TPSA) is 50.4 Å². The molecule has 0 aromatic heterocycles. The summed E-state index contributed by atoms with van der Waals surface area (Å²) in [5.41, 5.74) is 0. The Kier molecular flexibility index (Phi) is 7.60. The van der Waals surface area contributed by atoms with Gasteiger partial charge in [0.05, 0.1) is 5.02 Å². The van der Waals surface area contributed by atoms with Crippen LogP contribution in [0.25, 0.3) is 0 Å². The van der Waals surface area contributed by atoms with Crippen molar-refractivity contribution in [2.75, 3.05) is 13.1 Å². The van der Waals surface area contributed by atoms with Crippen molar-refractivity contribution in [3.63, 3.8) is 0 Å². The van der Waals surface area contributed by atoms with E-state index in [1.165, 1.54) is 0 Å². The molecule has 2 rings (SSSR count). The first kappa shape index (κ1) is 18.4. The monoisotopic (exact) mass is 352 g/mol. The molecule has 1 aliphatic rings. The van der Waals surface area contributed by atoms with Crippen molar-refractivity contribution in [1.82, 2.24) is 10.6 Å². The standard InChI is InChI=1S/C14H18Cl2N2O2.ClH/c1-9(14(19)18-11-3-2-6-17-8-11)20-13-5-4-10(15)7-12(13)16;/h4-5,7,9,11,17H,2-3,6,8H2,1H3,(H,18,19);1H. The highest BCUT2D eigenvalue weighted by atomic mass is 35.5. The average molecular weight is 354 g/mol. The lowest BCUT2D eigenvalue weighted by molar-refractivity contribution is -0.128. The SMILES string of the molecule is CC(Oc1ccc(Cl)cc1Cl)C(=O)NC1CCCNC1.Cl. The fourth-order valence-corrected chi connectivity index (χ4v) is 2.56. The third-order valence-corrected chi connectivity index (χ3v) is 3.74. The Labute approximate surface area is 140 Å². The molecule has 0 saturated carbocycles. The van der Waals surface area contributed by atoms with Gasteiger partial charge in [0.1, 0.15) is 5.75 Å². The van der Waals surface area contributed by atoms with Gasteiger partial charge in [-0.2, -0.15) is 0 Å². The summed E-state index contributed by atoms with van der Waals surface area (Å²) in [5, 5.41) is 7.16. The Balaban J connectivity index is 0.00000220. The van der Waals surface area contributed by atoms with Gasteiger partial charge in [0.15, 0.2) is 6.10 Å². The Bertz CT molecular complexity index is 479. The average Bonchev–Trinajstić information content (AvgIpc) is 2.43. The molecule has 1 amide bonds. The second kappa shape index (κ2) is 8.69. The lowest BCUT2D eigenvalue weighted by atomic mass is 10.1. The lowest BCUT2D eigenvalue weighted by Gasteiger charge is -2.25. The van der Waals surface area contributed by atoms with Gasteiger partial charge in [0.25, 0.3) is 5.91 Å². The highest BCUT2D eigenvalue weighted by molar-refractivity contribution is 6.35. The number of halogens is 3. The molecule has 2 unspecified atom stereocenters. The van der Waals surface area contributed by atoms with Crippen molar-refractivity contribution in [2.45, 2.75) is 31.9 Å². The van der Waals surface area contributed by atoms with Crippen LogP contribution < -0.4 is 15.4 Å². The molecule has 1 heterocycles. The van der Waals surface area contributed by atoms with E-state index < -0.39 is 6.10 Å². The Morgan fingerprint density at radius 2 is 2.24 bits per heavy atom. The molecule has 7 heteroatoms. The van der Waals surface area contributed by atoms with Gasteiger partial charge >= 0.3 is 0 Å². The van der Waals surface area contributed by atoms with Gasteiger partial charge in [0, 0.05) is 17.6 Å². The molecule has 0 radical (unpaired) electrons. The van der Waals surface area contributed by atoms with Gasteiger partial charge in [-0.05, 0) is 44.5 Å². The predicted octanol–water partition coefficient (Wildman–Crippen LogP) is 3.05. The highest BCUT2D eigenvalue weighted by Gasteiger charge is 2.21. The molecule has 1 aromatic carbocycles. The number of carbonyl (C=O) groups excluding carboxylic acids is 1. The molecule has 0 bridgehead atoms. The molecule has 4 nitrogen and oxygen atoms in total. The Morgan fingerprint density at radius 3 is 2.86 bits per heavy atom. The molecule has 2 atom stereocenters. The Morgan fingerprint density at radius 1 is 1.48 bits per heavy atom. The molecule has 2 N–H and O–H groups in total. The smallest absolute Gasteiger partial charge is 0.261 e. The third-order valence-electron chi connectivity index (χ3n) is 3.21. The third kappa shape index (κ3) is 5.55. The van der Waals surface area contributed by atoms with Gasteiger partial charge in [-0.25, -0.2) is 0 Å². The first-order chi connectivity index (χ1) is 9.56. The van der Waals surface area contributed by atoms with E-state index in [9.17, 15) is 4.79 Å². The highest BCUT2D eigenvalue weighted by Crippen LogP contribution is 2.28. The number of piperidine rings is 1. The molecule has 1 aromatic rings. The molecule has 1 fully saturated rings. The van der Waals surface area contributed by atoms with E-state index in [-0.39, 0.29) is 24.4 Å². The van der Waals surface area contributed by atoms with E-state index >= 15 is 0 Å². The van der Waals surface area contributed by atoms with Crippen LogP contribution in [0.4, 0.5) is 0 Å². The molecular formula is C14H19Cl3N2O2. The lowest BCUT2D eigenvalue weighted by Crippen LogP contribution is -2.49. The summed E-state index contributed by atoms with van der Waals surface area (Å²) >= 11 is 11.8. The minimum Gasteiger partial charge on any atom is -0.479 e. The molecule has 0 aliphatic carbocycles. The van der Waals surface area contributed by atoms with Crippen LogP contribution >= 0.6 is 35.6 Å². The van der Waals surface area contributed by atoms with E-state index in [0.717, 1.165) is 25.9 Å². The summed E-state index contributed by atoms with van der Waals surface area (Å²) in [6.07, 6.45) is 1.46. The summed E-state index contributed by atoms with van der Waals surface area (Å²) in [6.45, 7) is 3.52. The van der Waals surface area contributed by atoms with Crippen LogP contribution in [0.3, 0.4) is 0 Å². The first-order valence-corrected chi connectivity index (χ1v) is 7.44. The molecular weight excluding hydrogens is 335 g/mol. The summed E-state index contributed by atoms with van der Waals surface area (Å²) in [6, 6.07) is 5.10. The van der Waals surface area contributed by atoms with Crippen LogP contribution in [0, 0.1) is 0 Å². The summed E-state index contributed by atoms with van der Waals surface area (Å²) in [7, 11) is 0. The predicted molar refractivity (Wildman–Crippen MR) is 87.8 cm³/mol. The van der Waals surface area contributed by atoms with Gasteiger partial charge in [-0.1, -0.05) is 23.2 Å². The van der Waals surface area contributed by atoms with Crippen molar-refractivity contribution in [2.24, 2.45) is 0 Å². The second-order valence-corrected chi connectivity index (χ2v) is 5.73. The van der Waals surface area contributed by atoms with Crippen molar-refractivity contribution in [3.8, 4) is 5.75 Å². The summed E-state index contributed by atoms with van der Waals surface area (Å²) in [5.74, 6) is 0.324. The zero-order valence-corrected chi connectivity index (χ0v) is 14.0. The maximum Gasteiger partial charge on any atom is 0.261 e. The van der Waals surface area contributed by atoms with Crippen LogP contribution in [0.5, 0.6) is 5.75 Å². The van der Waals surface area contributed by atoms with E-state index in [0.29, 0.717) is 15.8 Å². The Hall–Kier alpha value is -0.680. The largest absolute Gasteiger partial charge is 0.479 e. The quantitative estimate of drug-likeness (QED) is 0.874. The second-order valence-electron chi connectivity index (χ2n) is 4.89. The molecule has 1 saturated heterocycles. The minimum atomic E-state index is -0.601. The molecule has 1 aliphatic heterocycles. The zero-order valence-electron chi connectivity index (χ0n) is 11.7. The number of ether oxygens (including phenoxy) is 1. The number of nitrogens with one attached hydrogen (secondary N) is 2. The number of hydrogen-bond acceptors (Lipinski definition) is 3. The number of carbonyl (C=O) groups is 1. The van der Waals surface area contributed by atoms with Crippen molar-refractivity contribution in [3.05, 3.63) is 28.2 Å². The van der Waals surface area contributed by atoms with Crippen LogP contribution in [-0.2, 0) is 4.79 Å². The van der Waals surface area contributed by atoms with Gasteiger partial charge in [-0.15, -0.1) is 12.4 Å². The summed E-state index contributed by atoms with van der Waals surface area (Å²) in [4.78, 5) is 12.1. The molecule has 21 heavy (non-hydrogen) atoms. The number of rotatable bonds is 4. The maximum atomic E-state index is 12.1.